The fourth-order valence-corrected chi connectivity index (χ4v) is 1.45. The maximum atomic E-state index is 12.0. The van der Waals surface area contributed by atoms with E-state index in [0.29, 0.717) is 6.54 Å². The Morgan fingerprint density at radius 1 is 1.25 bits per heavy atom. The van der Waals surface area contributed by atoms with E-state index in [2.05, 4.69) is 5.32 Å². The lowest BCUT2D eigenvalue weighted by atomic mass is 10.4. The summed E-state index contributed by atoms with van der Waals surface area (Å²) in [5.74, 6) is -1.39. The van der Waals surface area contributed by atoms with Gasteiger partial charge in [-0.3, -0.25) is 9.59 Å². The van der Waals surface area contributed by atoms with Crippen molar-refractivity contribution < 1.29 is 24.2 Å². The lowest BCUT2D eigenvalue weighted by Crippen LogP contribution is -2.48. The molecule has 0 unspecified atom stereocenters. The van der Waals surface area contributed by atoms with Crippen molar-refractivity contribution in [2.75, 3.05) is 46.9 Å². The molecule has 0 aromatic rings. The highest BCUT2D eigenvalue weighted by Crippen LogP contribution is 1.97. The van der Waals surface area contributed by atoms with E-state index in [0.717, 1.165) is 11.3 Å². The van der Waals surface area contributed by atoms with E-state index in [1.54, 1.807) is 0 Å². The van der Waals surface area contributed by atoms with Gasteiger partial charge in [0.1, 0.15) is 13.1 Å². The number of urea groups is 1. The average Bonchev–Trinajstić information content (AvgIpc) is 2.39. The number of methoxy groups -OCH3 is 1. The minimum atomic E-state index is -1.11. The van der Waals surface area contributed by atoms with E-state index in [1.807, 2.05) is 6.92 Å². The largest absolute Gasteiger partial charge is 0.480 e. The number of nitrogens with one attached hydrogen (secondary N) is 1. The van der Waals surface area contributed by atoms with Crippen LogP contribution in [0.4, 0.5) is 4.79 Å². The first-order valence-electron chi connectivity index (χ1n) is 6.39. The van der Waals surface area contributed by atoms with Crippen LogP contribution in [0.2, 0.25) is 0 Å². The standard InChI is InChI=1S/C12H23N3O5/c1-4-5-13-10(16)8-14(2)12(19)15(6-7-20-3)9-11(17)18/h4-9H2,1-3H3,(H,13,16)(H,17,18). The Balaban J connectivity index is 4.45. The average molecular weight is 289 g/mol. The second-order valence-corrected chi connectivity index (χ2v) is 4.30. The minimum Gasteiger partial charge on any atom is -0.480 e. The number of hydrogen-bond donors (Lipinski definition) is 2. The van der Waals surface area contributed by atoms with Crippen LogP contribution in [0.1, 0.15) is 13.3 Å². The Bertz CT molecular complexity index is 335. The molecule has 0 saturated heterocycles. The van der Waals surface area contributed by atoms with Gasteiger partial charge in [0, 0.05) is 27.2 Å². The van der Waals surface area contributed by atoms with Crippen LogP contribution in [-0.2, 0) is 14.3 Å². The molecule has 2 N–H and O–H groups in total. The van der Waals surface area contributed by atoms with Crippen LogP contribution in [0.25, 0.3) is 0 Å². The van der Waals surface area contributed by atoms with Crippen molar-refractivity contribution in [2.45, 2.75) is 13.3 Å². The quantitative estimate of drug-likeness (QED) is 0.601. The molecule has 8 heteroatoms. The van der Waals surface area contributed by atoms with E-state index < -0.39 is 18.5 Å². The molecule has 116 valence electrons. The van der Waals surface area contributed by atoms with Gasteiger partial charge in [0.05, 0.1) is 6.61 Å². The molecule has 0 aromatic heterocycles. The van der Waals surface area contributed by atoms with Gasteiger partial charge in [0.25, 0.3) is 0 Å². The molecule has 0 rings (SSSR count). The van der Waals surface area contributed by atoms with E-state index in [4.69, 9.17) is 9.84 Å². The Labute approximate surface area is 118 Å². The summed E-state index contributed by atoms with van der Waals surface area (Å²) in [4.78, 5) is 36.6. The highest BCUT2D eigenvalue weighted by Gasteiger charge is 2.21. The molecule has 0 aliphatic heterocycles. The molecule has 20 heavy (non-hydrogen) atoms. The molecule has 0 radical (unpaired) electrons. The van der Waals surface area contributed by atoms with Crippen LogP contribution in [-0.4, -0.2) is 79.8 Å². The topological polar surface area (TPSA) is 99.2 Å². The zero-order chi connectivity index (χ0) is 15.5. The zero-order valence-electron chi connectivity index (χ0n) is 12.2. The molecule has 0 aromatic carbocycles. The van der Waals surface area contributed by atoms with E-state index in [-0.39, 0.29) is 25.6 Å². The lowest BCUT2D eigenvalue weighted by molar-refractivity contribution is -0.137. The smallest absolute Gasteiger partial charge is 0.323 e. The van der Waals surface area contributed by atoms with E-state index in [9.17, 15) is 14.4 Å². The van der Waals surface area contributed by atoms with Gasteiger partial charge in [-0.05, 0) is 6.42 Å². The van der Waals surface area contributed by atoms with Crippen molar-refractivity contribution in [1.82, 2.24) is 15.1 Å². The Hall–Kier alpha value is -1.83. The fraction of sp³-hybridized carbons (Fsp3) is 0.750. The molecule has 0 aliphatic rings. The van der Waals surface area contributed by atoms with E-state index >= 15 is 0 Å². The lowest BCUT2D eigenvalue weighted by Gasteiger charge is -2.26. The molecule has 3 amide bonds. The van der Waals surface area contributed by atoms with Crippen molar-refractivity contribution in [3.05, 3.63) is 0 Å². The number of carboxylic acid groups (broad SMARTS) is 1. The Kier molecular flexibility index (Phi) is 9.10. The molecule has 0 spiro atoms. The normalized spacial score (nSPS) is 9.95. The Morgan fingerprint density at radius 2 is 1.90 bits per heavy atom. The number of aliphatic carboxylic acids is 1. The number of ether oxygens (including phenoxy) is 1. The minimum absolute atomic E-state index is 0.109. The van der Waals surface area contributed by atoms with Crippen LogP contribution < -0.4 is 5.32 Å². The van der Waals surface area contributed by atoms with Gasteiger partial charge in [-0.15, -0.1) is 0 Å². The number of carboxylic acids is 1. The third-order valence-electron chi connectivity index (χ3n) is 2.44. The summed E-state index contributed by atoms with van der Waals surface area (Å²) in [6.07, 6.45) is 0.808. The number of carbonyl (C=O) groups is 3. The molecule has 0 bridgehead atoms. The first-order chi connectivity index (χ1) is 9.42. The van der Waals surface area contributed by atoms with Crippen LogP contribution in [0.15, 0.2) is 0 Å². The summed E-state index contributed by atoms with van der Waals surface area (Å²) < 4.78 is 4.83. The zero-order valence-corrected chi connectivity index (χ0v) is 12.2. The van der Waals surface area contributed by atoms with Crippen LogP contribution in [0, 0.1) is 0 Å². The predicted molar refractivity (Wildman–Crippen MR) is 72.4 cm³/mol. The van der Waals surface area contributed by atoms with Crippen LogP contribution in [0.5, 0.6) is 0 Å². The van der Waals surface area contributed by atoms with Crippen molar-refractivity contribution in [1.29, 1.82) is 0 Å². The van der Waals surface area contributed by atoms with Gasteiger partial charge in [-0.25, -0.2) is 4.79 Å². The first-order valence-corrected chi connectivity index (χ1v) is 6.39. The molecule has 8 nitrogen and oxygen atoms in total. The number of hydrogen-bond acceptors (Lipinski definition) is 4. The molecule has 0 aliphatic carbocycles. The predicted octanol–water partition coefficient (Wildman–Crippen LogP) is -0.403. The molecule has 0 atom stereocenters. The van der Waals surface area contributed by atoms with Crippen LogP contribution >= 0.6 is 0 Å². The highest BCUT2D eigenvalue weighted by atomic mass is 16.5. The summed E-state index contributed by atoms with van der Waals surface area (Å²) in [5, 5.41) is 11.4. The molecular formula is C12H23N3O5. The summed E-state index contributed by atoms with van der Waals surface area (Å²) in [6, 6.07) is -0.518. The fourth-order valence-electron chi connectivity index (χ4n) is 1.45. The van der Waals surface area contributed by atoms with Crippen molar-refractivity contribution in [3.8, 4) is 0 Å². The number of amides is 3. The number of rotatable bonds is 9. The van der Waals surface area contributed by atoms with E-state index in [1.165, 1.54) is 19.1 Å². The van der Waals surface area contributed by atoms with Gasteiger partial charge < -0.3 is 25.0 Å². The number of nitrogens with zero attached hydrogens (tertiary/aromatic N) is 2. The van der Waals surface area contributed by atoms with Crippen molar-refractivity contribution in [3.63, 3.8) is 0 Å². The first kappa shape index (κ1) is 18.2. The summed E-state index contributed by atoms with van der Waals surface area (Å²) in [6.45, 7) is 2.32. The number of likely N-dealkylation sites (N-methyl/N-ethyl adjacent to an activating group) is 1. The van der Waals surface area contributed by atoms with Gasteiger partial charge in [-0.1, -0.05) is 6.92 Å². The Morgan fingerprint density at radius 3 is 2.40 bits per heavy atom. The SMILES string of the molecule is CCCNC(=O)CN(C)C(=O)N(CCOC)CC(=O)O. The number of carbonyl (C=O) groups excluding carboxylic acids is 2. The van der Waals surface area contributed by atoms with Gasteiger partial charge in [0.15, 0.2) is 0 Å². The van der Waals surface area contributed by atoms with Crippen molar-refractivity contribution >= 4 is 17.9 Å². The van der Waals surface area contributed by atoms with Gasteiger partial charge in [-0.2, -0.15) is 0 Å². The summed E-state index contributed by atoms with van der Waals surface area (Å²) in [7, 11) is 2.92. The molecule has 0 fully saturated rings. The van der Waals surface area contributed by atoms with Crippen LogP contribution in [0.3, 0.4) is 0 Å². The summed E-state index contributed by atoms with van der Waals surface area (Å²) in [5.41, 5.74) is 0. The second-order valence-electron chi connectivity index (χ2n) is 4.30. The molecule has 0 heterocycles. The second kappa shape index (κ2) is 10.0. The van der Waals surface area contributed by atoms with Gasteiger partial charge >= 0.3 is 12.0 Å². The molecular weight excluding hydrogens is 266 g/mol. The maximum Gasteiger partial charge on any atom is 0.323 e. The maximum absolute atomic E-state index is 12.0. The molecule has 0 saturated carbocycles. The third-order valence-corrected chi connectivity index (χ3v) is 2.44. The van der Waals surface area contributed by atoms with Gasteiger partial charge in [0.2, 0.25) is 5.91 Å². The monoisotopic (exact) mass is 289 g/mol. The third kappa shape index (κ3) is 7.57. The summed E-state index contributed by atoms with van der Waals surface area (Å²) >= 11 is 0. The van der Waals surface area contributed by atoms with Crippen molar-refractivity contribution in [2.24, 2.45) is 0 Å². The highest BCUT2D eigenvalue weighted by molar-refractivity contribution is 5.85.